The SMILES string of the molecule is O=C(OCc1cc(Cl)c2c(c1)OCCCO2)c1sccc1-n1cnnn1. The zero-order valence-electron chi connectivity index (χ0n) is 13.4. The van der Waals surface area contributed by atoms with Gasteiger partial charge in [0.05, 0.1) is 23.9 Å². The minimum absolute atomic E-state index is 0.0577. The topological polar surface area (TPSA) is 88.4 Å². The maximum absolute atomic E-state index is 12.4. The molecule has 0 bridgehead atoms. The molecule has 0 amide bonds. The highest BCUT2D eigenvalue weighted by Crippen LogP contribution is 2.38. The zero-order valence-corrected chi connectivity index (χ0v) is 15.0. The van der Waals surface area contributed by atoms with Crippen LogP contribution in [-0.4, -0.2) is 39.4 Å². The largest absolute Gasteiger partial charge is 0.489 e. The number of fused-ring (bicyclic) bond motifs is 1. The van der Waals surface area contributed by atoms with Crippen molar-refractivity contribution in [2.45, 2.75) is 13.0 Å². The molecule has 8 nitrogen and oxygen atoms in total. The summed E-state index contributed by atoms with van der Waals surface area (Å²) in [5.74, 6) is 0.624. The Kier molecular flexibility index (Phi) is 4.72. The van der Waals surface area contributed by atoms with Crippen molar-refractivity contribution in [1.82, 2.24) is 20.2 Å². The van der Waals surface area contributed by atoms with E-state index < -0.39 is 5.97 Å². The fourth-order valence-electron chi connectivity index (χ4n) is 2.49. The molecular formula is C16H13ClN4O4S. The van der Waals surface area contributed by atoms with E-state index in [2.05, 4.69) is 15.5 Å². The third-order valence-electron chi connectivity index (χ3n) is 3.66. The molecule has 134 valence electrons. The summed E-state index contributed by atoms with van der Waals surface area (Å²) >= 11 is 7.52. The minimum Gasteiger partial charge on any atom is -0.489 e. The van der Waals surface area contributed by atoms with Gasteiger partial charge in [-0.3, -0.25) is 0 Å². The number of aromatic nitrogens is 4. The van der Waals surface area contributed by atoms with Crippen LogP contribution in [0.15, 0.2) is 29.9 Å². The van der Waals surface area contributed by atoms with Crippen molar-refractivity contribution in [2.24, 2.45) is 0 Å². The first-order chi connectivity index (χ1) is 12.7. The van der Waals surface area contributed by atoms with Crippen LogP contribution in [0.25, 0.3) is 5.69 Å². The average Bonchev–Trinajstić information content (AvgIpc) is 3.27. The number of thiophene rings is 1. The standard InChI is InChI=1S/C16H13ClN4O4S/c17-11-6-10(7-13-14(11)24-4-1-3-23-13)8-25-16(22)15-12(2-5-26-15)21-9-18-19-20-21/h2,5-7,9H,1,3-4,8H2. The van der Waals surface area contributed by atoms with E-state index in [1.807, 2.05) is 0 Å². The van der Waals surface area contributed by atoms with Crippen LogP contribution < -0.4 is 9.47 Å². The number of rotatable bonds is 4. The highest BCUT2D eigenvalue weighted by molar-refractivity contribution is 7.12. The van der Waals surface area contributed by atoms with Crippen LogP contribution in [0.5, 0.6) is 11.5 Å². The lowest BCUT2D eigenvalue weighted by Gasteiger charge is -2.12. The van der Waals surface area contributed by atoms with Crippen molar-refractivity contribution in [3.05, 3.63) is 45.4 Å². The molecule has 3 heterocycles. The molecule has 2 aromatic heterocycles. The van der Waals surface area contributed by atoms with Crippen molar-refractivity contribution >= 4 is 28.9 Å². The van der Waals surface area contributed by atoms with Crippen LogP contribution in [0.1, 0.15) is 21.7 Å². The molecule has 0 atom stereocenters. The Bertz CT molecular complexity index is 928. The number of hydrogen-bond donors (Lipinski definition) is 0. The fraction of sp³-hybridized carbons (Fsp3) is 0.250. The molecule has 0 fully saturated rings. The van der Waals surface area contributed by atoms with Gasteiger partial charge in [-0.1, -0.05) is 11.6 Å². The summed E-state index contributed by atoms with van der Waals surface area (Å²) in [4.78, 5) is 12.9. The first-order valence-electron chi connectivity index (χ1n) is 7.78. The van der Waals surface area contributed by atoms with E-state index >= 15 is 0 Å². The van der Waals surface area contributed by atoms with Gasteiger partial charge in [0.2, 0.25) is 0 Å². The van der Waals surface area contributed by atoms with E-state index in [0.717, 1.165) is 6.42 Å². The van der Waals surface area contributed by atoms with Crippen molar-refractivity contribution < 1.29 is 19.0 Å². The molecule has 0 unspecified atom stereocenters. The minimum atomic E-state index is -0.464. The molecule has 0 spiro atoms. The van der Waals surface area contributed by atoms with Crippen LogP contribution in [0.4, 0.5) is 0 Å². The zero-order chi connectivity index (χ0) is 17.9. The molecule has 0 saturated heterocycles. The fourth-order valence-corrected chi connectivity index (χ4v) is 3.55. The van der Waals surface area contributed by atoms with Crippen molar-refractivity contribution in [1.29, 1.82) is 0 Å². The third-order valence-corrected chi connectivity index (χ3v) is 4.82. The van der Waals surface area contributed by atoms with E-state index in [1.165, 1.54) is 22.3 Å². The molecule has 0 radical (unpaired) electrons. The number of hydrogen-bond acceptors (Lipinski definition) is 8. The second-order valence-corrected chi connectivity index (χ2v) is 6.74. The molecule has 1 aromatic carbocycles. The summed E-state index contributed by atoms with van der Waals surface area (Å²) < 4.78 is 18.1. The molecule has 1 aliphatic rings. The number of carbonyl (C=O) groups is 1. The monoisotopic (exact) mass is 392 g/mol. The Morgan fingerprint density at radius 3 is 3.08 bits per heavy atom. The van der Waals surface area contributed by atoms with Gasteiger partial charge in [0.15, 0.2) is 11.5 Å². The van der Waals surface area contributed by atoms with Crippen LogP contribution in [-0.2, 0) is 11.3 Å². The van der Waals surface area contributed by atoms with Crippen LogP contribution in [0.2, 0.25) is 5.02 Å². The predicted molar refractivity (Wildman–Crippen MR) is 93.2 cm³/mol. The number of halogens is 1. The lowest BCUT2D eigenvalue weighted by molar-refractivity contribution is 0.0478. The number of nitrogens with zero attached hydrogens (tertiary/aromatic N) is 4. The summed E-state index contributed by atoms with van der Waals surface area (Å²) in [5.41, 5.74) is 1.29. The quantitative estimate of drug-likeness (QED) is 0.630. The number of carbonyl (C=O) groups excluding carboxylic acids is 1. The number of benzene rings is 1. The van der Waals surface area contributed by atoms with Gasteiger partial charge in [-0.15, -0.1) is 16.4 Å². The van der Waals surface area contributed by atoms with Gasteiger partial charge < -0.3 is 14.2 Å². The first-order valence-corrected chi connectivity index (χ1v) is 9.04. The van der Waals surface area contributed by atoms with Crippen molar-refractivity contribution in [2.75, 3.05) is 13.2 Å². The summed E-state index contributed by atoms with van der Waals surface area (Å²) in [5, 5.41) is 13.2. The highest BCUT2D eigenvalue weighted by Gasteiger charge is 2.19. The molecule has 4 rings (SSSR count). The van der Waals surface area contributed by atoms with Gasteiger partial charge in [-0.2, -0.15) is 4.68 Å². The smallest absolute Gasteiger partial charge is 0.350 e. The van der Waals surface area contributed by atoms with Gasteiger partial charge in [-0.05, 0) is 39.6 Å². The number of tetrazole rings is 1. The second-order valence-electron chi connectivity index (χ2n) is 5.42. The molecule has 0 N–H and O–H groups in total. The first kappa shape index (κ1) is 16.8. The Hall–Kier alpha value is -2.65. The van der Waals surface area contributed by atoms with Gasteiger partial charge in [-0.25, -0.2) is 4.79 Å². The van der Waals surface area contributed by atoms with Crippen molar-refractivity contribution in [3.63, 3.8) is 0 Å². The number of ether oxygens (including phenoxy) is 3. The van der Waals surface area contributed by atoms with Gasteiger partial charge >= 0.3 is 5.97 Å². The Balaban J connectivity index is 1.50. The third kappa shape index (κ3) is 3.35. The summed E-state index contributed by atoms with van der Waals surface area (Å²) in [6.07, 6.45) is 2.20. The summed E-state index contributed by atoms with van der Waals surface area (Å²) in [7, 11) is 0. The van der Waals surface area contributed by atoms with E-state index in [4.69, 9.17) is 25.8 Å². The van der Waals surface area contributed by atoms with E-state index in [-0.39, 0.29) is 6.61 Å². The van der Waals surface area contributed by atoms with E-state index in [0.29, 0.717) is 45.9 Å². The summed E-state index contributed by atoms with van der Waals surface area (Å²) in [6, 6.07) is 5.23. The highest BCUT2D eigenvalue weighted by atomic mass is 35.5. The van der Waals surface area contributed by atoms with Crippen LogP contribution >= 0.6 is 22.9 Å². The van der Waals surface area contributed by atoms with Crippen LogP contribution in [0, 0.1) is 0 Å². The summed E-state index contributed by atoms with van der Waals surface area (Å²) in [6.45, 7) is 1.17. The van der Waals surface area contributed by atoms with Crippen molar-refractivity contribution in [3.8, 4) is 17.2 Å². The maximum atomic E-state index is 12.4. The molecule has 0 aliphatic carbocycles. The van der Waals surface area contributed by atoms with Crippen LogP contribution in [0.3, 0.4) is 0 Å². The molecule has 10 heteroatoms. The number of esters is 1. The second kappa shape index (κ2) is 7.30. The maximum Gasteiger partial charge on any atom is 0.350 e. The van der Waals surface area contributed by atoms with Gasteiger partial charge in [0.25, 0.3) is 0 Å². The Labute approximate surface area is 157 Å². The Morgan fingerprint density at radius 2 is 2.23 bits per heavy atom. The molecule has 26 heavy (non-hydrogen) atoms. The van der Waals surface area contributed by atoms with Gasteiger partial charge in [0.1, 0.15) is 17.8 Å². The lowest BCUT2D eigenvalue weighted by atomic mass is 10.2. The normalized spacial score (nSPS) is 13.3. The van der Waals surface area contributed by atoms with E-state index in [1.54, 1.807) is 23.6 Å². The molecule has 3 aromatic rings. The molecule has 0 saturated carbocycles. The van der Waals surface area contributed by atoms with E-state index in [9.17, 15) is 4.79 Å². The lowest BCUT2D eigenvalue weighted by Crippen LogP contribution is -2.08. The van der Waals surface area contributed by atoms with Gasteiger partial charge in [0, 0.05) is 6.42 Å². The predicted octanol–water partition coefficient (Wildman–Crippen LogP) is 2.90. The molecular weight excluding hydrogens is 380 g/mol. The Morgan fingerprint density at radius 1 is 1.35 bits per heavy atom. The average molecular weight is 393 g/mol. The molecule has 1 aliphatic heterocycles.